The second-order valence-corrected chi connectivity index (χ2v) is 9.47. The van der Waals surface area contributed by atoms with Gasteiger partial charge in [-0.15, -0.1) is 11.3 Å². The van der Waals surface area contributed by atoms with Crippen molar-refractivity contribution in [2.24, 2.45) is 7.05 Å². The Morgan fingerprint density at radius 2 is 1.85 bits per heavy atom. The van der Waals surface area contributed by atoms with E-state index < -0.39 is 0 Å². The lowest BCUT2D eigenvalue weighted by Gasteiger charge is -2.37. The molecule has 1 aromatic carbocycles. The highest BCUT2D eigenvalue weighted by molar-refractivity contribution is 7.20. The van der Waals surface area contributed by atoms with Crippen molar-refractivity contribution in [1.29, 1.82) is 0 Å². The Labute approximate surface area is 197 Å². The number of carbonyl (C=O) groups excluding carboxylic acids is 1. The molecule has 0 unspecified atom stereocenters. The number of piperazine rings is 1. The molecule has 170 valence electrons. The van der Waals surface area contributed by atoms with Crippen LogP contribution in [0.4, 0.5) is 11.4 Å². The van der Waals surface area contributed by atoms with E-state index in [1.807, 2.05) is 55.3 Å². The van der Waals surface area contributed by atoms with Gasteiger partial charge < -0.3 is 10.2 Å². The van der Waals surface area contributed by atoms with Crippen molar-refractivity contribution in [2.75, 3.05) is 42.9 Å². The minimum Gasteiger partial charge on any atom is -0.367 e. The summed E-state index contributed by atoms with van der Waals surface area (Å²) in [6.07, 6.45) is 4.75. The lowest BCUT2D eigenvalue weighted by atomic mass is 10.1. The van der Waals surface area contributed by atoms with Crippen LogP contribution in [0.2, 0.25) is 0 Å². The Kier molecular flexibility index (Phi) is 6.11. The van der Waals surface area contributed by atoms with Crippen LogP contribution in [0, 0.1) is 6.92 Å². The average molecular weight is 461 g/mol. The molecule has 0 aliphatic carbocycles. The van der Waals surface area contributed by atoms with E-state index in [1.54, 1.807) is 0 Å². The van der Waals surface area contributed by atoms with Gasteiger partial charge in [-0.05, 0) is 49.2 Å². The number of amides is 1. The van der Waals surface area contributed by atoms with Crippen LogP contribution in [-0.2, 0) is 13.5 Å². The topological polar surface area (TPSA) is 66.3 Å². The molecule has 1 saturated heterocycles. The lowest BCUT2D eigenvalue weighted by Crippen LogP contribution is -2.47. The molecule has 0 saturated carbocycles. The van der Waals surface area contributed by atoms with E-state index >= 15 is 0 Å². The summed E-state index contributed by atoms with van der Waals surface area (Å²) in [4.78, 5) is 23.7. The first-order valence-corrected chi connectivity index (χ1v) is 12.1. The number of para-hydroxylation sites is 2. The van der Waals surface area contributed by atoms with Crippen molar-refractivity contribution >= 4 is 38.8 Å². The fourth-order valence-corrected chi connectivity index (χ4v) is 5.42. The zero-order valence-corrected chi connectivity index (χ0v) is 19.8. The molecule has 0 spiro atoms. The van der Waals surface area contributed by atoms with Gasteiger partial charge in [-0.1, -0.05) is 12.1 Å². The zero-order chi connectivity index (χ0) is 22.8. The van der Waals surface area contributed by atoms with Crippen molar-refractivity contribution in [1.82, 2.24) is 19.7 Å². The highest BCUT2D eigenvalue weighted by Crippen LogP contribution is 2.31. The van der Waals surface area contributed by atoms with E-state index in [4.69, 9.17) is 0 Å². The van der Waals surface area contributed by atoms with Gasteiger partial charge in [0.15, 0.2) is 0 Å². The minimum absolute atomic E-state index is 0.0703. The number of nitrogens with zero attached hydrogens (tertiary/aromatic N) is 5. The van der Waals surface area contributed by atoms with Gasteiger partial charge in [0.1, 0.15) is 4.83 Å². The van der Waals surface area contributed by atoms with Crippen LogP contribution in [0.5, 0.6) is 0 Å². The maximum atomic E-state index is 13.0. The van der Waals surface area contributed by atoms with E-state index in [1.165, 1.54) is 16.9 Å². The Morgan fingerprint density at radius 3 is 2.61 bits per heavy atom. The first kappa shape index (κ1) is 21.6. The fraction of sp³-hybridized carbons (Fsp3) is 0.320. The van der Waals surface area contributed by atoms with Gasteiger partial charge in [0, 0.05) is 57.6 Å². The first-order valence-electron chi connectivity index (χ1n) is 11.3. The summed E-state index contributed by atoms with van der Waals surface area (Å²) in [6, 6.07) is 14.2. The third kappa shape index (κ3) is 4.62. The third-order valence-electron chi connectivity index (χ3n) is 6.25. The molecule has 0 radical (unpaired) electrons. The number of aromatic nitrogens is 3. The lowest BCUT2D eigenvalue weighted by molar-refractivity contribution is 0.103. The number of nitrogens with one attached hydrogen (secondary N) is 1. The van der Waals surface area contributed by atoms with Crippen LogP contribution in [0.3, 0.4) is 0 Å². The van der Waals surface area contributed by atoms with Gasteiger partial charge in [-0.2, -0.15) is 5.10 Å². The number of fused-ring (bicyclic) bond motifs is 1. The van der Waals surface area contributed by atoms with E-state index in [0.717, 1.165) is 66.4 Å². The summed E-state index contributed by atoms with van der Waals surface area (Å²) < 4.78 is 1.84. The molecule has 4 aromatic rings. The summed E-state index contributed by atoms with van der Waals surface area (Å²) in [5.41, 5.74) is 4.22. The summed E-state index contributed by atoms with van der Waals surface area (Å²) >= 11 is 1.48. The maximum Gasteiger partial charge on any atom is 0.265 e. The molecule has 7 nitrogen and oxygen atoms in total. The molecule has 1 fully saturated rings. The molecule has 3 aromatic heterocycles. The average Bonchev–Trinajstić information content (AvgIpc) is 3.40. The normalized spacial score (nSPS) is 14.7. The molecule has 1 amide bonds. The molecule has 1 N–H and O–H groups in total. The van der Waals surface area contributed by atoms with Crippen LogP contribution in [0.1, 0.15) is 20.9 Å². The second kappa shape index (κ2) is 9.33. The number of anilines is 2. The summed E-state index contributed by atoms with van der Waals surface area (Å²) in [7, 11) is 1.92. The predicted molar refractivity (Wildman–Crippen MR) is 134 cm³/mol. The Balaban J connectivity index is 1.23. The largest absolute Gasteiger partial charge is 0.367 e. The fourth-order valence-electron chi connectivity index (χ4n) is 4.41. The van der Waals surface area contributed by atoms with E-state index in [2.05, 4.69) is 43.4 Å². The highest BCUT2D eigenvalue weighted by atomic mass is 32.1. The second-order valence-electron chi connectivity index (χ2n) is 8.44. The number of hydrogen-bond donors (Lipinski definition) is 1. The Morgan fingerprint density at radius 1 is 1.09 bits per heavy atom. The van der Waals surface area contributed by atoms with Gasteiger partial charge in [0.25, 0.3) is 5.91 Å². The molecule has 0 atom stereocenters. The van der Waals surface area contributed by atoms with Crippen LogP contribution in [0.15, 0.2) is 54.9 Å². The number of benzene rings is 1. The molecule has 5 rings (SSSR count). The number of rotatable bonds is 6. The van der Waals surface area contributed by atoms with Gasteiger partial charge in [-0.25, -0.2) is 0 Å². The Bertz CT molecular complexity index is 1220. The van der Waals surface area contributed by atoms with E-state index in [0.29, 0.717) is 4.88 Å². The molecule has 33 heavy (non-hydrogen) atoms. The van der Waals surface area contributed by atoms with Crippen LogP contribution in [0.25, 0.3) is 10.2 Å². The summed E-state index contributed by atoms with van der Waals surface area (Å²) in [6.45, 7) is 6.93. The minimum atomic E-state index is -0.0703. The van der Waals surface area contributed by atoms with Crippen LogP contribution in [-0.4, -0.2) is 58.3 Å². The van der Waals surface area contributed by atoms with Gasteiger partial charge in [0.05, 0.1) is 21.9 Å². The van der Waals surface area contributed by atoms with Crippen molar-refractivity contribution in [3.05, 3.63) is 71.0 Å². The highest BCUT2D eigenvalue weighted by Gasteiger charge is 2.21. The van der Waals surface area contributed by atoms with Crippen molar-refractivity contribution in [3.8, 4) is 0 Å². The number of aryl methyl sites for hydroxylation is 2. The number of carbonyl (C=O) groups is 1. The molecular weight excluding hydrogens is 432 g/mol. The molecule has 1 aliphatic heterocycles. The van der Waals surface area contributed by atoms with Crippen LogP contribution < -0.4 is 10.2 Å². The van der Waals surface area contributed by atoms with E-state index in [9.17, 15) is 4.79 Å². The molecule has 4 heterocycles. The van der Waals surface area contributed by atoms with Crippen LogP contribution >= 0.6 is 11.3 Å². The predicted octanol–water partition coefficient (Wildman–Crippen LogP) is 3.96. The number of hydrogen-bond acceptors (Lipinski definition) is 6. The molecule has 0 bridgehead atoms. The molecule has 1 aliphatic rings. The summed E-state index contributed by atoms with van der Waals surface area (Å²) in [5.74, 6) is -0.0703. The SMILES string of the molecule is Cc1nn(C)c2sc(C(=O)Nc3ccccc3N3CCN(CCc4ccncc4)CC3)cc12. The molecular formula is C25H28N6OS. The Hall–Kier alpha value is -3.23. The standard InChI is InChI=1S/C25H28N6OS/c1-18-20-17-23(33-25(20)29(2)28-18)24(32)27-21-5-3-4-6-22(21)31-15-13-30(14-16-31)12-9-19-7-10-26-11-8-19/h3-8,10-11,17H,9,12-16H2,1-2H3,(H,27,32). The maximum absolute atomic E-state index is 13.0. The van der Waals surface area contributed by atoms with Gasteiger partial charge in [0.2, 0.25) is 0 Å². The first-order chi connectivity index (χ1) is 16.1. The zero-order valence-electron chi connectivity index (χ0n) is 19.0. The van der Waals surface area contributed by atoms with Gasteiger partial charge in [-0.3, -0.25) is 19.4 Å². The quantitative estimate of drug-likeness (QED) is 0.472. The smallest absolute Gasteiger partial charge is 0.265 e. The van der Waals surface area contributed by atoms with E-state index in [-0.39, 0.29) is 5.91 Å². The number of pyridine rings is 1. The van der Waals surface area contributed by atoms with Crippen molar-refractivity contribution in [3.63, 3.8) is 0 Å². The monoisotopic (exact) mass is 460 g/mol. The van der Waals surface area contributed by atoms with Crippen molar-refractivity contribution < 1.29 is 4.79 Å². The van der Waals surface area contributed by atoms with Gasteiger partial charge >= 0.3 is 0 Å². The molecule has 8 heteroatoms. The third-order valence-corrected chi connectivity index (χ3v) is 7.45. The number of thiophene rings is 1. The van der Waals surface area contributed by atoms with Crippen molar-refractivity contribution in [2.45, 2.75) is 13.3 Å². The summed E-state index contributed by atoms with van der Waals surface area (Å²) in [5, 5.41) is 8.63.